The Bertz CT molecular complexity index is 729. The lowest BCUT2D eigenvalue weighted by atomic mass is 9.99. The molecule has 0 radical (unpaired) electrons. The molecule has 26 heavy (non-hydrogen) atoms. The third-order valence-electron chi connectivity index (χ3n) is 5.03. The van der Waals surface area contributed by atoms with Gasteiger partial charge in [-0.15, -0.1) is 0 Å². The molecule has 0 bridgehead atoms. The molecule has 0 saturated carbocycles. The maximum Gasteiger partial charge on any atom is 0.220 e. The van der Waals surface area contributed by atoms with Gasteiger partial charge in [-0.25, -0.2) is 4.39 Å². The number of anilines is 1. The van der Waals surface area contributed by atoms with E-state index in [9.17, 15) is 9.18 Å². The van der Waals surface area contributed by atoms with Crippen molar-refractivity contribution in [2.24, 2.45) is 5.92 Å². The molecule has 1 aliphatic heterocycles. The highest BCUT2D eigenvalue weighted by Crippen LogP contribution is 2.23. The minimum atomic E-state index is -0.247. The van der Waals surface area contributed by atoms with E-state index in [-0.39, 0.29) is 11.7 Å². The molecule has 1 atom stereocenters. The minimum absolute atomic E-state index is 0.0535. The number of nitrogens with one attached hydrogen (secondary N) is 1. The summed E-state index contributed by atoms with van der Waals surface area (Å²) in [6, 6.07) is 15.0. The van der Waals surface area contributed by atoms with Crippen LogP contribution in [0.1, 0.15) is 37.3 Å². The summed E-state index contributed by atoms with van der Waals surface area (Å²) >= 11 is 0. The summed E-state index contributed by atoms with van der Waals surface area (Å²) in [5, 5.41) is 2.92. The fourth-order valence-corrected chi connectivity index (χ4v) is 3.49. The highest BCUT2D eigenvalue weighted by Gasteiger charge is 2.16. The molecular formula is C22H27FN2O. The summed E-state index contributed by atoms with van der Waals surface area (Å²) in [6.07, 6.45) is 3.28. The van der Waals surface area contributed by atoms with E-state index in [1.807, 2.05) is 0 Å². The van der Waals surface area contributed by atoms with Crippen molar-refractivity contribution in [3.05, 3.63) is 65.5 Å². The van der Waals surface area contributed by atoms with Gasteiger partial charge in [0, 0.05) is 31.7 Å². The zero-order valence-corrected chi connectivity index (χ0v) is 15.4. The van der Waals surface area contributed by atoms with Gasteiger partial charge in [-0.05, 0) is 54.5 Å². The van der Waals surface area contributed by atoms with Crippen molar-refractivity contribution in [2.75, 3.05) is 18.0 Å². The Hall–Kier alpha value is -2.36. The first kappa shape index (κ1) is 18.4. The first-order valence-electron chi connectivity index (χ1n) is 9.46. The molecule has 3 nitrogen and oxygen atoms in total. The Balaban J connectivity index is 1.45. The minimum Gasteiger partial charge on any atom is -0.371 e. The summed E-state index contributed by atoms with van der Waals surface area (Å²) in [7, 11) is 0. The second-order valence-corrected chi connectivity index (χ2v) is 7.23. The topological polar surface area (TPSA) is 32.3 Å². The highest BCUT2D eigenvalue weighted by atomic mass is 19.1. The molecule has 0 aromatic heterocycles. The van der Waals surface area contributed by atoms with Gasteiger partial charge in [-0.3, -0.25) is 4.79 Å². The van der Waals surface area contributed by atoms with Crippen molar-refractivity contribution < 1.29 is 9.18 Å². The van der Waals surface area contributed by atoms with Crippen LogP contribution in [0.2, 0.25) is 0 Å². The van der Waals surface area contributed by atoms with E-state index in [1.165, 1.54) is 24.6 Å². The molecule has 1 N–H and O–H groups in total. The van der Waals surface area contributed by atoms with E-state index in [0.29, 0.717) is 24.9 Å². The Kier molecular flexibility index (Phi) is 6.26. The first-order chi connectivity index (χ1) is 12.6. The second kappa shape index (κ2) is 8.84. The lowest BCUT2D eigenvalue weighted by Gasteiger charge is -2.32. The van der Waals surface area contributed by atoms with Gasteiger partial charge in [-0.1, -0.05) is 37.3 Å². The van der Waals surface area contributed by atoms with Crippen LogP contribution in [0.4, 0.5) is 10.1 Å². The molecule has 1 unspecified atom stereocenters. The number of nitrogens with zero attached hydrogens (tertiary/aromatic N) is 1. The van der Waals surface area contributed by atoms with Crippen LogP contribution in [0.5, 0.6) is 0 Å². The van der Waals surface area contributed by atoms with Crippen LogP contribution in [-0.4, -0.2) is 19.0 Å². The van der Waals surface area contributed by atoms with E-state index in [1.54, 1.807) is 18.2 Å². The number of aryl methyl sites for hydroxylation is 1. The smallest absolute Gasteiger partial charge is 0.220 e. The zero-order chi connectivity index (χ0) is 18.4. The number of carbonyl (C=O) groups is 1. The molecule has 1 saturated heterocycles. The molecule has 0 spiro atoms. The van der Waals surface area contributed by atoms with Crippen LogP contribution in [0.25, 0.3) is 0 Å². The molecule has 138 valence electrons. The molecule has 4 heteroatoms. The summed E-state index contributed by atoms with van der Waals surface area (Å²) in [5.41, 5.74) is 2.92. The maximum absolute atomic E-state index is 13.6. The average molecular weight is 354 g/mol. The Morgan fingerprint density at radius 3 is 2.69 bits per heavy atom. The number of carbonyl (C=O) groups excluding carboxylic acids is 1. The molecule has 2 aromatic rings. The molecule has 3 rings (SSSR count). The number of benzene rings is 2. The fourth-order valence-electron chi connectivity index (χ4n) is 3.49. The standard InChI is InChI=1S/C22H27FN2O/c1-17-5-4-14-25(16-17)20-11-8-18(9-12-20)15-24-22(26)13-10-19-6-2-3-7-21(19)23/h2-3,6-9,11-12,17H,4-5,10,13-16H2,1H3,(H,24,26). The third-order valence-corrected chi connectivity index (χ3v) is 5.03. The van der Waals surface area contributed by atoms with Crippen LogP contribution >= 0.6 is 0 Å². The summed E-state index contributed by atoms with van der Waals surface area (Å²) in [4.78, 5) is 14.4. The van der Waals surface area contributed by atoms with Gasteiger partial charge >= 0.3 is 0 Å². The lowest BCUT2D eigenvalue weighted by Crippen LogP contribution is -2.34. The van der Waals surface area contributed by atoms with Crippen LogP contribution < -0.4 is 10.2 Å². The van der Waals surface area contributed by atoms with Gasteiger partial charge in [0.15, 0.2) is 0 Å². The monoisotopic (exact) mass is 354 g/mol. The molecule has 1 aliphatic rings. The number of hydrogen-bond donors (Lipinski definition) is 1. The fraction of sp³-hybridized carbons (Fsp3) is 0.409. The molecule has 0 aliphatic carbocycles. The van der Waals surface area contributed by atoms with Gasteiger partial charge < -0.3 is 10.2 Å². The van der Waals surface area contributed by atoms with E-state index in [2.05, 4.69) is 41.4 Å². The van der Waals surface area contributed by atoms with Crippen molar-refractivity contribution in [2.45, 2.75) is 39.2 Å². The van der Waals surface area contributed by atoms with E-state index < -0.39 is 0 Å². The van der Waals surface area contributed by atoms with Crippen molar-refractivity contribution in [1.29, 1.82) is 0 Å². The molecular weight excluding hydrogens is 327 g/mol. The number of amides is 1. The van der Waals surface area contributed by atoms with Crippen LogP contribution in [0.3, 0.4) is 0 Å². The predicted octanol–water partition coefficient (Wildman–Crippen LogP) is 4.31. The largest absolute Gasteiger partial charge is 0.371 e. The molecule has 2 aromatic carbocycles. The first-order valence-corrected chi connectivity index (χ1v) is 9.46. The van der Waals surface area contributed by atoms with E-state index >= 15 is 0 Å². The van der Waals surface area contributed by atoms with Crippen molar-refractivity contribution in [3.63, 3.8) is 0 Å². The van der Waals surface area contributed by atoms with Gasteiger partial charge in [-0.2, -0.15) is 0 Å². The van der Waals surface area contributed by atoms with E-state index in [4.69, 9.17) is 0 Å². The number of piperidine rings is 1. The molecule has 1 amide bonds. The van der Waals surface area contributed by atoms with Gasteiger partial charge in [0.1, 0.15) is 5.82 Å². The summed E-state index contributed by atoms with van der Waals surface area (Å²) in [6.45, 7) is 5.05. The predicted molar refractivity (Wildman–Crippen MR) is 104 cm³/mol. The summed E-state index contributed by atoms with van der Waals surface area (Å²) < 4.78 is 13.6. The molecule has 1 heterocycles. The van der Waals surface area contributed by atoms with Crippen molar-refractivity contribution >= 4 is 11.6 Å². The third kappa shape index (κ3) is 5.07. The number of rotatable bonds is 6. The Morgan fingerprint density at radius 1 is 1.19 bits per heavy atom. The van der Waals surface area contributed by atoms with Crippen LogP contribution in [0, 0.1) is 11.7 Å². The van der Waals surface area contributed by atoms with Gasteiger partial charge in [0.05, 0.1) is 0 Å². The average Bonchev–Trinajstić information content (AvgIpc) is 2.66. The zero-order valence-electron chi connectivity index (χ0n) is 15.4. The normalized spacial score (nSPS) is 17.2. The Labute approximate surface area is 155 Å². The number of halogens is 1. The quantitative estimate of drug-likeness (QED) is 0.838. The SMILES string of the molecule is CC1CCCN(c2ccc(CNC(=O)CCc3ccccc3F)cc2)C1. The van der Waals surface area contributed by atoms with Crippen LogP contribution in [0.15, 0.2) is 48.5 Å². The molecule has 1 fully saturated rings. The van der Waals surface area contributed by atoms with Crippen molar-refractivity contribution in [1.82, 2.24) is 5.32 Å². The van der Waals surface area contributed by atoms with Gasteiger partial charge in [0.25, 0.3) is 0 Å². The van der Waals surface area contributed by atoms with E-state index in [0.717, 1.165) is 24.6 Å². The second-order valence-electron chi connectivity index (χ2n) is 7.23. The number of hydrogen-bond acceptors (Lipinski definition) is 2. The summed E-state index contributed by atoms with van der Waals surface area (Å²) in [5.74, 6) is 0.447. The highest BCUT2D eigenvalue weighted by molar-refractivity contribution is 5.76. The Morgan fingerprint density at radius 2 is 1.96 bits per heavy atom. The maximum atomic E-state index is 13.6. The lowest BCUT2D eigenvalue weighted by molar-refractivity contribution is -0.121. The van der Waals surface area contributed by atoms with Gasteiger partial charge in [0.2, 0.25) is 5.91 Å². The van der Waals surface area contributed by atoms with Crippen LogP contribution in [-0.2, 0) is 17.8 Å². The van der Waals surface area contributed by atoms with Crippen molar-refractivity contribution in [3.8, 4) is 0 Å².